The second-order valence-electron chi connectivity index (χ2n) is 5.73. The molecule has 2 bridgehead atoms. The van der Waals surface area contributed by atoms with Crippen LogP contribution in [0.3, 0.4) is 0 Å². The van der Waals surface area contributed by atoms with Crippen molar-refractivity contribution in [3.05, 3.63) is 0 Å². The standard InChI is InChI=1S/C13H24/c1-10(2)13-8-11-5-3-4-6-12(7-11)9-13/h10-13H,3-9H2,1-2H3. The lowest BCUT2D eigenvalue weighted by atomic mass is 9.71. The molecule has 0 spiro atoms. The van der Waals surface area contributed by atoms with Gasteiger partial charge in [0.25, 0.3) is 0 Å². The molecule has 2 unspecified atom stereocenters. The molecule has 0 nitrogen and oxygen atoms in total. The van der Waals surface area contributed by atoms with Crippen molar-refractivity contribution in [2.24, 2.45) is 23.7 Å². The van der Waals surface area contributed by atoms with E-state index in [4.69, 9.17) is 0 Å². The Morgan fingerprint density at radius 2 is 1.38 bits per heavy atom. The molecule has 0 aromatic heterocycles. The highest BCUT2D eigenvalue weighted by Crippen LogP contribution is 2.43. The summed E-state index contributed by atoms with van der Waals surface area (Å²) in [5.74, 6) is 4.20. The molecule has 2 saturated carbocycles. The minimum Gasteiger partial charge on any atom is -0.0625 e. The Kier molecular flexibility index (Phi) is 2.96. The molecule has 0 N–H and O–H groups in total. The zero-order chi connectivity index (χ0) is 9.26. The van der Waals surface area contributed by atoms with Gasteiger partial charge in [0.05, 0.1) is 0 Å². The van der Waals surface area contributed by atoms with Crippen molar-refractivity contribution >= 4 is 0 Å². The average Bonchev–Trinajstić information content (AvgIpc) is 2.26. The molecule has 0 heteroatoms. The summed E-state index contributed by atoms with van der Waals surface area (Å²) in [6.07, 6.45) is 10.8. The minimum atomic E-state index is 0.934. The van der Waals surface area contributed by atoms with Crippen LogP contribution in [0.4, 0.5) is 0 Å². The summed E-state index contributed by atoms with van der Waals surface area (Å²) in [5.41, 5.74) is 0. The molecule has 0 amide bonds. The fraction of sp³-hybridized carbons (Fsp3) is 1.00. The van der Waals surface area contributed by atoms with Gasteiger partial charge in [-0.1, -0.05) is 39.5 Å². The summed E-state index contributed by atoms with van der Waals surface area (Å²) in [4.78, 5) is 0. The molecule has 2 fully saturated rings. The molecule has 0 aliphatic heterocycles. The Morgan fingerprint density at radius 1 is 0.846 bits per heavy atom. The number of hydrogen-bond donors (Lipinski definition) is 0. The van der Waals surface area contributed by atoms with Gasteiger partial charge in [-0.05, 0) is 42.9 Å². The van der Waals surface area contributed by atoms with Gasteiger partial charge in [-0.2, -0.15) is 0 Å². The highest BCUT2D eigenvalue weighted by molar-refractivity contribution is 4.82. The van der Waals surface area contributed by atoms with Crippen molar-refractivity contribution in [2.75, 3.05) is 0 Å². The maximum absolute atomic E-state index is 2.42. The highest BCUT2D eigenvalue weighted by atomic mass is 14.4. The Hall–Kier alpha value is 0. The number of fused-ring (bicyclic) bond motifs is 2. The monoisotopic (exact) mass is 180 g/mol. The maximum Gasteiger partial charge on any atom is -0.0386 e. The van der Waals surface area contributed by atoms with Crippen LogP contribution in [0.5, 0.6) is 0 Å². The lowest BCUT2D eigenvalue weighted by molar-refractivity contribution is 0.160. The zero-order valence-corrected chi connectivity index (χ0v) is 9.26. The molecular formula is C13H24. The summed E-state index contributed by atoms with van der Waals surface area (Å²) in [7, 11) is 0. The smallest absolute Gasteiger partial charge is 0.0386 e. The van der Waals surface area contributed by atoms with E-state index in [1.54, 1.807) is 32.1 Å². The van der Waals surface area contributed by atoms with Crippen LogP contribution in [0.1, 0.15) is 58.8 Å². The summed E-state index contributed by atoms with van der Waals surface area (Å²) in [6, 6.07) is 0. The van der Waals surface area contributed by atoms with Crippen LogP contribution >= 0.6 is 0 Å². The van der Waals surface area contributed by atoms with Gasteiger partial charge in [0.15, 0.2) is 0 Å². The first kappa shape index (κ1) is 9.55. The van der Waals surface area contributed by atoms with Gasteiger partial charge < -0.3 is 0 Å². The zero-order valence-electron chi connectivity index (χ0n) is 9.26. The molecule has 0 aromatic carbocycles. The predicted molar refractivity (Wildman–Crippen MR) is 57.6 cm³/mol. The van der Waals surface area contributed by atoms with E-state index in [0.29, 0.717) is 0 Å². The van der Waals surface area contributed by atoms with Gasteiger partial charge in [0.1, 0.15) is 0 Å². The normalized spacial score (nSPS) is 40.4. The van der Waals surface area contributed by atoms with E-state index in [-0.39, 0.29) is 0 Å². The Balaban J connectivity index is 1.98. The van der Waals surface area contributed by atoms with Crippen molar-refractivity contribution in [2.45, 2.75) is 58.8 Å². The summed E-state index contributed by atoms with van der Waals surface area (Å²) < 4.78 is 0. The summed E-state index contributed by atoms with van der Waals surface area (Å²) in [5, 5.41) is 0. The summed E-state index contributed by atoms with van der Waals surface area (Å²) >= 11 is 0. The van der Waals surface area contributed by atoms with E-state index in [2.05, 4.69) is 13.8 Å². The molecule has 0 aromatic rings. The molecule has 2 atom stereocenters. The van der Waals surface area contributed by atoms with Crippen LogP contribution in [0.2, 0.25) is 0 Å². The molecule has 2 aliphatic rings. The minimum absolute atomic E-state index is 0.934. The lowest BCUT2D eigenvalue weighted by Gasteiger charge is -2.35. The maximum atomic E-state index is 2.42. The predicted octanol–water partition coefficient (Wildman–Crippen LogP) is 4.25. The third-order valence-corrected chi connectivity index (χ3v) is 4.36. The van der Waals surface area contributed by atoms with Gasteiger partial charge >= 0.3 is 0 Å². The molecule has 0 heterocycles. The van der Waals surface area contributed by atoms with E-state index in [0.717, 1.165) is 23.7 Å². The van der Waals surface area contributed by atoms with Gasteiger partial charge in [-0.3, -0.25) is 0 Å². The topological polar surface area (TPSA) is 0 Å². The second kappa shape index (κ2) is 4.02. The SMILES string of the molecule is CC(C)C1CC2CCCCC(C2)C1. The van der Waals surface area contributed by atoms with E-state index in [1.807, 2.05) is 0 Å². The Morgan fingerprint density at radius 3 is 1.85 bits per heavy atom. The molecule has 0 saturated heterocycles. The van der Waals surface area contributed by atoms with Gasteiger partial charge in [-0.25, -0.2) is 0 Å². The Labute approximate surface area is 83.1 Å². The van der Waals surface area contributed by atoms with Gasteiger partial charge in [0, 0.05) is 0 Å². The van der Waals surface area contributed by atoms with Crippen LogP contribution in [0, 0.1) is 23.7 Å². The van der Waals surface area contributed by atoms with E-state index in [1.165, 1.54) is 12.8 Å². The molecule has 0 radical (unpaired) electrons. The van der Waals surface area contributed by atoms with E-state index >= 15 is 0 Å². The Bertz CT molecular complexity index is 145. The van der Waals surface area contributed by atoms with Crippen molar-refractivity contribution in [1.82, 2.24) is 0 Å². The van der Waals surface area contributed by atoms with Gasteiger partial charge in [-0.15, -0.1) is 0 Å². The molecule has 2 rings (SSSR count). The first-order valence-electron chi connectivity index (χ1n) is 6.25. The van der Waals surface area contributed by atoms with Gasteiger partial charge in [0.2, 0.25) is 0 Å². The molecular weight excluding hydrogens is 156 g/mol. The molecule has 76 valence electrons. The van der Waals surface area contributed by atoms with E-state index in [9.17, 15) is 0 Å². The van der Waals surface area contributed by atoms with E-state index < -0.39 is 0 Å². The van der Waals surface area contributed by atoms with Crippen LogP contribution in [0.15, 0.2) is 0 Å². The van der Waals surface area contributed by atoms with Crippen LogP contribution in [0.25, 0.3) is 0 Å². The largest absolute Gasteiger partial charge is 0.0625 e. The first-order valence-corrected chi connectivity index (χ1v) is 6.25. The quantitative estimate of drug-likeness (QED) is 0.566. The van der Waals surface area contributed by atoms with Crippen molar-refractivity contribution < 1.29 is 0 Å². The van der Waals surface area contributed by atoms with Crippen LogP contribution < -0.4 is 0 Å². The van der Waals surface area contributed by atoms with Crippen LogP contribution in [-0.4, -0.2) is 0 Å². The number of rotatable bonds is 1. The first-order chi connectivity index (χ1) is 6.25. The molecule has 13 heavy (non-hydrogen) atoms. The molecule has 2 aliphatic carbocycles. The third kappa shape index (κ3) is 2.27. The second-order valence-corrected chi connectivity index (χ2v) is 5.73. The van der Waals surface area contributed by atoms with Crippen LogP contribution in [-0.2, 0) is 0 Å². The van der Waals surface area contributed by atoms with Crippen molar-refractivity contribution in [3.63, 3.8) is 0 Å². The highest BCUT2D eigenvalue weighted by Gasteiger charge is 2.31. The fourth-order valence-electron chi connectivity index (χ4n) is 3.50. The lowest BCUT2D eigenvalue weighted by Crippen LogP contribution is -2.24. The summed E-state index contributed by atoms with van der Waals surface area (Å²) in [6.45, 7) is 4.84. The number of hydrogen-bond acceptors (Lipinski definition) is 0. The average molecular weight is 180 g/mol. The fourth-order valence-corrected chi connectivity index (χ4v) is 3.50. The van der Waals surface area contributed by atoms with Crippen molar-refractivity contribution in [1.29, 1.82) is 0 Å². The third-order valence-electron chi connectivity index (χ3n) is 4.36. The van der Waals surface area contributed by atoms with Crippen molar-refractivity contribution in [3.8, 4) is 0 Å².